The fourth-order valence-electron chi connectivity index (χ4n) is 3.08. The SMILES string of the molecule is CSc1ccc(CNC(=O)c2ccc3c(c2)NC(=O)/C(=C/c2cccc(Cl)c2)O3)cc1. The van der Waals surface area contributed by atoms with Crippen LogP contribution in [0, 0.1) is 0 Å². The van der Waals surface area contributed by atoms with Crippen molar-refractivity contribution in [2.24, 2.45) is 0 Å². The number of hydrogen-bond donors (Lipinski definition) is 2. The van der Waals surface area contributed by atoms with E-state index in [1.807, 2.05) is 36.6 Å². The molecule has 3 aromatic carbocycles. The normalized spacial score (nSPS) is 13.9. The number of thioether (sulfide) groups is 1. The Morgan fingerprint density at radius 1 is 1.13 bits per heavy atom. The standard InChI is InChI=1S/C24H19ClN2O3S/c1-31-19-8-5-15(6-9-19)14-26-23(28)17-7-10-21-20(13-17)27-24(29)22(30-21)12-16-3-2-4-18(25)11-16/h2-13H,14H2,1H3,(H,26,28)(H,27,29)/b22-12-. The van der Waals surface area contributed by atoms with E-state index in [0.717, 1.165) is 11.1 Å². The predicted octanol–water partition coefficient (Wildman–Crippen LogP) is 5.36. The van der Waals surface area contributed by atoms with E-state index in [9.17, 15) is 9.59 Å². The molecule has 0 unspecified atom stereocenters. The maximum Gasteiger partial charge on any atom is 0.291 e. The van der Waals surface area contributed by atoms with Gasteiger partial charge in [-0.25, -0.2) is 0 Å². The Balaban J connectivity index is 1.46. The molecule has 3 aromatic rings. The minimum Gasteiger partial charge on any atom is -0.449 e. The Bertz CT molecular complexity index is 1180. The summed E-state index contributed by atoms with van der Waals surface area (Å²) in [5, 5.41) is 6.24. The van der Waals surface area contributed by atoms with Crippen molar-refractivity contribution in [3.63, 3.8) is 0 Å². The van der Waals surface area contributed by atoms with E-state index in [1.54, 1.807) is 54.2 Å². The number of carbonyl (C=O) groups excluding carboxylic acids is 2. The van der Waals surface area contributed by atoms with Crippen LogP contribution in [0.2, 0.25) is 5.02 Å². The van der Waals surface area contributed by atoms with Crippen LogP contribution in [0.1, 0.15) is 21.5 Å². The first-order chi connectivity index (χ1) is 15.0. The van der Waals surface area contributed by atoms with Crippen LogP contribution in [-0.2, 0) is 11.3 Å². The van der Waals surface area contributed by atoms with Crippen LogP contribution in [0.15, 0.2) is 77.4 Å². The highest BCUT2D eigenvalue weighted by molar-refractivity contribution is 7.98. The molecular formula is C24H19ClN2O3S. The van der Waals surface area contributed by atoms with Crippen molar-refractivity contribution in [1.29, 1.82) is 0 Å². The zero-order chi connectivity index (χ0) is 21.8. The van der Waals surface area contributed by atoms with E-state index >= 15 is 0 Å². The van der Waals surface area contributed by atoms with E-state index in [2.05, 4.69) is 10.6 Å². The number of anilines is 1. The Labute approximate surface area is 189 Å². The Morgan fingerprint density at radius 2 is 1.94 bits per heavy atom. The second kappa shape index (κ2) is 9.29. The monoisotopic (exact) mass is 450 g/mol. The molecule has 0 bridgehead atoms. The molecule has 1 heterocycles. The van der Waals surface area contributed by atoms with E-state index in [0.29, 0.717) is 28.6 Å². The summed E-state index contributed by atoms with van der Waals surface area (Å²) in [4.78, 5) is 26.2. The summed E-state index contributed by atoms with van der Waals surface area (Å²) in [5.41, 5.74) is 2.65. The molecule has 1 aliphatic rings. The van der Waals surface area contributed by atoms with Crippen molar-refractivity contribution < 1.29 is 14.3 Å². The third-order valence-electron chi connectivity index (χ3n) is 4.69. The molecule has 0 fully saturated rings. The highest BCUT2D eigenvalue weighted by Gasteiger charge is 2.23. The summed E-state index contributed by atoms with van der Waals surface area (Å²) in [6, 6.07) is 20.1. The van der Waals surface area contributed by atoms with E-state index in [4.69, 9.17) is 16.3 Å². The third-order valence-corrected chi connectivity index (χ3v) is 5.67. The van der Waals surface area contributed by atoms with Gasteiger partial charge in [0, 0.05) is 22.0 Å². The van der Waals surface area contributed by atoms with Crippen molar-refractivity contribution in [2.45, 2.75) is 11.4 Å². The van der Waals surface area contributed by atoms with Crippen molar-refractivity contribution in [1.82, 2.24) is 5.32 Å². The van der Waals surface area contributed by atoms with Crippen LogP contribution in [-0.4, -0.2) is 18.1 Å². The molecule has 4 rings (SSSR count). The van der Waals surface area contributed by atoms with Gasteiger partial charge in [0.15, 0.2) is 11.5 Å². The Morgan fingerprint density at radius 3 is 2.68 bits per heavy atom. The number of benzene rings is 3. The Kier molecular flexibility index (Phi) is 6.30. The number of halogens is 1. The molecule has 5 nitrogen and oxygen atoms in total. The minimum atomic E-state index is -0.390. The smallest absolute Gasteiger partial charge is 0.291 e. The van der Waals surface area contributed by atoms with Crippen molar-refractivity contribution in [2.75, 3.05) is 11.6 Å². The van der Waals surface area contributed by atoms with Crippen LogP contribution >= 0.6 is 23.4 Å². The summed E-state index contributed by atoms with van der Waals surface area (Å²) in [6.45, 7) is 0.417. The molecule has 0 aromatic heterocycles. The van der Waals surface area contributed by atoms with E-state index in [1.165, 1.54) is 4.90 Å². The highest BCUT2D eigenvalue weighted by Crippen LogP contribution is 2.32. The topological polar surface area (TPSA) is 67.4 Å². The fraction of sp³-hybridized carbons (Fsp3) is 0.0833. The third kappa shape index (κ3) is 5.10. The van der Waals surface area contributed by atoms with Crippen molar-refractivity contribution >= 4 is 46.9 Å². The molecule has 0 spiro atoms. The number of nitrogens with one attached hydrogen (secondary N) is 2. The molecule has 2 amide bonds. The van der Waals surface area contributed by atoms with E-state index in [-0.39, 0.29) is 17.6 Å². The zero-order valence-electron chi connectivity index (χ0n) is 16.6. The molecule has 156 valence electrons. The molecule has 7 heteroatoms. The van der Waals surface area contributed by atoms with Crippen LogP contribution in [0.4, 0.5) is 5.69 Å². The molecule has 0 aliphatic carbocycles. The van der Waals surface area contributed by atoms with Gasteiger partial charge in [-0.1, -0.05) is 35.9 Å². The second-order valence-corrected chi connectivity index (χ2v) is 8.18. The molecule has 0 radical (unpaired) electrons. The van der Waals surface area contributed by atoms with Gasteiger partial charge in [0.1, 0.15) is 0 Å². The molecule has 2 N–H and O–H groups in total. The first-order valence-electron chi connectivity index (χ1n) is 9.53. The van der Waals surface area contributed by atoms with Crippen LogP contribution < -0.4 is 15.4 Å². The van der Waals surface area contributed by atoms with Gasteiger partial charge < -0.3 is 15.4 Å². The summed E-state index contributed by atoms with van der Waals surface area (Å²) < 4.78 is 5.75. The van der Waals surface area contributed by atoms with Crippen LogP contribution in [0.3, 0.4) is 0 Å². The van der Waals surface area contributed by atoms with Gasteiger partial charge in [-0.15, -0.1) is 11.8 Å². The molecule has 31 heavy (non-hydrogen) atoms. The van der Waals surface area contributed by atoms with Gasteiger partial charge in [0.2, 0.25) is 0 Å². The maximum absolute atomic E-state index is 12.6. The first-order valence-corrected chi connectivity index (χ1v) is 11.1. The number of hydrogen-bond acceptors (Lipinski definition) is 4. The number of rotatable bonds is 5. The molecule has 0 atom stereocenters. The summed E-state index contributed by atoms with van der Waals surface area (Å²) in [6.07, 6.45) is 3.64. The summed E-state index contributed by atoms with van der Waals surface area (Å²) in [7, 11) is 0. The number of fused-ring (bicyclic) bond motifs is 1. The van der Waals surface area contributed by atoms with Gasteiger partial charge in [-0.3, -0.25) is 9.59 Å². The number of carbonyl (C=O) groups is 2. The van der Waals surface area contributed by atoms with Gasteiger partial charge >= 0.3 is 0 Å². The lowest BCUT2D eigenvalue weighted by Crippen LogP contribution is -2.25. The lowest BCUT2D eigenvalue weighted by atomic mass is 10.1. The van der Waals surface area contributed by atoms with Gasteiger partial charge in [-0.2, -0.15) is 0 Å². The number of amides is 2. The average Bonchev–Trinajstić information content (AvgIpc) is 2.78. The lowest BCUT2D eigenvalue weighted by molar-refractivity contribution is -0.115. The van der Waals surface area contributed by atoms with Crippen LogP contribution in [0.25, 0.3) is 6.08 Å². The minimum absolute atomic E-state index is 0.153. The largest absolute Gasteiger partial charge is 0.449 e. The molecule has 0 saturated carbocycles. The van der Waals surface area contributed by atoms with Gasteiger partial charge in [0.05, 0.1) is 5.69 Å². The Hall–Kier alpha value is -3.22. The van der Waals surface area contributed by atoms with Crippen molar-refractivity contribution in [3.8, 4) is 5.75 Å². The highest BCUT2D eigenvalue weighted by atomic mass is 35.5. The van der Waals surface area contributed by atoms with Crippen molar-refractivity contribution in [3.05, 3.63) is 94.2 Å². The first kappa shape index (κ1) is 21.0. The average molecular weight is 451 g/mol. The fourth-order valence-corrected chi connectivity index (χ4v) is 3.68. The summed E-state index contributed by atoms with van der Waals surface area (Å²) >= 11 is 7.67. The number of ether oxygens (including phenoxy) is 1. The quantitative estimate of drug-likeness (QED) is 0.405. The molecule has 1 aliphatic heterocycles. The van der Waals surface area contributed by atoms with Crippen LogP contribution in [0.5, 0.6) is 5.75 Å². The van der Waals surface area contributed by atoms with Gasteiger partial charge in [0.25, 0.3) is 11.8 Å². The lowest BCUT2D eigenvalue weighted by Gasteiger charge is -2.20. The maximum atomic E-state index is 12.6. The zero-order valence-corrected chi connectivity index (χ0v) is 18.2. The van der Waals surface area contributed by atoms with Gasteiger partial charge in [-0.05, 0) is 65.9 Å². The predicted molar refractivity (Wildman–Crippen MR) is 125 cm³/mol. The molecular weight excluding hydrogens is 432 g/mol. The molecule has 0 saturated heterocycles. The second-order valence-electron chi connectivity index (χ2n) is 6.86. The van der Waals surface area contributed by atoms with E-state index < -0.39 is 0 Å². The summed E-state index contributed by atoms with van der Waals surface area (Å²) in [5.74, 6) is 0.00270.